The minimum Gasteiger partial charge on any atom is -0.492 e. The monoisotopic (exact) mass is 309 g/mol. The van der Waals surface area contributed by atoms with Crippen molar-refractivity contribution in [2.24, 2.45) is 0 Å². The summed E-state index contributed by atoms with van der Waals surface area (Å²) in [4.78, 5) is 4.51. The number of hydrogen-bond donors (Lipinski definition) is 1. The van der Waals surface area contributed by atoms with E-state index in [4.69, 9.17) is 10.00 Å². The number of aromatic nitrogens is 1. The van der Waals surface area contributed by atoms with Crippen molar-refractivity contribution in [1.82, 2.24) is 4.98 Å². The first-order valence-electron chi connectivity index (χ1n) is 7.03. The van der Waals surface area contributed by atoms with Gasteiger partial charge < -0.3 is 10.1 Å². The number of thiazole rings is 1. The number of ether oxygens (including phenoxy) is 1. The fourth-order valence-electron chi connectivity index (χ4n) is 2.07. The number of benzene rings is 2. The maximum absolute atomic E-state index is 8.63. The molecule has 2 aromatic carbocycles. The van der Waals surface area contributed by atoms with Gasteiger partial charge in [0.25, 0.3) is 0 Å². The van der Waals surface area contributed by atoms with Crippen molar-refractivity contribution >= 4 is 26.7 Å². The van der Waals surface area contributed by atoms with Gasteiger partial charge in [-0.05, 0) is 29.8 Å². The van der Waals surface area contributed by atoms with Crippen molar-refractivity contribution in [3.8, 4) is 11.8 Å². The molecule has 0 fully saturated rings. The highest BCUT2D eigenvalue weighted by atomic mass is 32.1. The minimum absolute atomic E-state index is 0.430. The van der Waals surface area contributed by atoms with Crippen LogP contribution in [0.4, 0.5) is 5.13 Å². The Labute approximate surface area is 133 Å². The molecule has 0 bridgehead atoms. The zero-order valence-corrected chi connectivity index (χ0v) is 12.8. The Bertz CT molecular complexity index is 757. The van der Waals surface area contributed by atoms with Crippen LogP contribution < -0.4 is 10.1 Å². The molecule has 0 unspecified atom stereocenters. The molecule has 4 nitrogen and oxygen atoms in total. The summed E-state index contributed by atoms with van der Waals surface area (Å²) in [5.74, 6) is 0.813. The summed E-state index contributed by atoms with van der Waals surface area (Å²) in [5, 5.41) is 12.8. The van der Waals surface area contributed by atoms with Crippen LogP contribution in [-0.4, -0.2) is 18.1 Å². The molecular weight excluding hydrogens is 294 g/mol. The summed E-state index contributed by atoms with van der Waals surface area (Å²) < 4.78 is 6.85. The number of anilines is 1. The zero-order chi connectivity index (χ0) is 15.2. The largest absolute Gasteiger partial charge is 0.492 e. The van der Waals surface area contributed by atoms with E-state index < -0.39 is 0 Å². The number of rotatable bonds is 6. The second-order valence-electron chi connectivity index (χ2n) is 4.74. The van der Waals surface area contributed by atoms with Gasteiger partial charge in [0.1, 0.15) is 12.4 Å². The molecule has 0 aliphatic carbocycles. The molecule has 0 radical (unpaired) electrons. The molecule has 0 amide bonds. The highest BCUT2D eigenvalue weighted by Gasteiger charge is 2.02. The first-order chi connectivity index (χ1) is 10.8. The van der Waals surface area contributed by atoms with Crippen LogP contribution in [0.2, 0.25) is 0 Å². The van der Waals surface area contributed by atoms with Gasteiger partial charge in [0.15, 0.2) is 5.13 Å². The number of para-hydroxylation sites is 1. The van der Waals surface area contributed by atoms with Crippen LogP contribution in [0.1, 0.15) is 5.56 Å². The van der Waals surface area contributed by atoms with Crippen molar-refractivity contribution in [2.75, 3.05) is 18.5 Å². The molecular formula is C17H15N3OS. The highest BCUT2D eigenvalue weighted by molar-refractivity contribution is 7.22. The van der Waals surface area contributed by atoms with E-state index >= 15 is 0 Å². The smallest absolute Gasteiger partial charge is 0.183 e. The molecule has 0 atom stereocenters. The second kappa shape index (κ2) is 6.92. The average Bonchev–Trinajstić information content (AvgIpc) is 2.96. The lowest BCUT2D eigenvalue weighted by molar-refractivity contribution is 0.333. The molecule has 0 spiro atoms. The maximum atomic E-state index is 8.63. The lowest BCUT2D eigenvalue weighted by Crippen LogP contribution is -2.11. The molecule has 5 heteroatoms. The molecule has 110 valence electrons. The fourth-order valence-corrected chi connectivity index (χ4v) is 2.96. The van der Waals surface area contributed by atoms with Crippen molar-refractivity contribution in [3.05, 3.63) is 54.1 Å². The standard InChI is InChI=1S/C17H15N3OS/c18-10-9-13-5-7-14(8-6-13)21-12-11-19-17-20-15-3-1-2-4-16(15)22-17/h1-8H,9,11-12H2,(H,19,20). The number of fused-ring (bicyclic) bond motifs is 1. The molecule has 0 aliphatic heterocycles. The Morgan fingerprint density at radius 2 is 1.95 bits per heavy atom. The zero-order valence-electron chi connectivity index (χ0n) is 12.0. The van der Waals surface area contributed by atoms with Gasteiger partial charge >= 0.3 is 0 Å². The van der Waals surface area contributed by atoms with Gasteiger partial charge in [0, 0.05) is 0 Å². The van der Waals surface area contributed by atoms with Crippen molar-refractivity contribution in [2.45, 2.75) is 6.42 Å². The van der Waals surface area contributed by atoms with E-state index in [9.17, 15) is 0 Å². The quantitative estimate of drug-likeness (QED) is 0.703. The molecule has 1 N–H and O–H groups in total. The SMILES string of the molecule is N#CCc1ccc(OCCNc2nc3ccccc3s2)cc1. The third-order valence-corrected chi connectivity index (χ3v) is 4.14. The van der Waals surface area contributed by atoms with Crippen molar-refractivity contribution in [1.29, 1.82) is 5.26 Å². The first-order valence-corrected chi connectivity index (χ1v) is 7.85. The maximum Gasteiger partial charge on any atom is 0.183 e. The normalized spacial score (nSPS) is 10.3. The van der Waals surface area contributed by atoms with Crippen LogP contribution >= 0.6 is 11.3 Å². The van der Waals surface area contributed by atoms with Crippen molar-refractivity contribution in [3.63, 3.8) is 0 Å². The summed E-state index contributed by atoms with van der Waals surface area (Å²) in [7, 11) is 0. The third kappa shape index (κ3) is 3.54. The Morgan fingerprint density at radius 3 is 2.73 bits per heavy atom. The lowest BCUT2D eigenvalue weighted by Gasteiger charge is -2.07. The van der Waals surface area contributed by atoms with Gasteiger partial charge in [-0.25, -0.2) is 4.98 Å². The average molecular weight is 309 g/mol. The predicted molar refractivity (Wildman–Crippen MR) is 89.4 cm³/mol. The van der Waals surface area contributed by atoms with Gasteiger partial charge in [-0.15, -0.1) is 0 Å². The number of nitrogens with zero attached hydrogens (tertiary/aromatic N) is 2. The van der Waals surface area contributed by atoms with Crippen LogP contribution in [0.15, 0.2) is 48.5 Å². The van der Waals surface area contributed by atoms with Gasteiger partial charge in [-0.2, -0.15) is 5.26 Å². The molecule has 22 heavy (non-hydrogen) atoms. The fraction of sp³-hybridized carbons (Fsp3) is 0.176. The molecule has 0 saturated carbocycles. The Balaban J connectivity index is 1.48. The van der Waals surface area contributed by atoms with E-state index in [0.717, 1.165) is 22.0 Å². The van der Waals surface area contributed by atoms with Gasteiger partial charge in [0.05, 0.1) is 29.3 Å². The van der Waals surface area contributed by atoms with Crippen LogP contribution in [0.5, 0.6) is 5.75 Å². The first kappa shape index (κ1) is 14.4. The van der Waals surface area contributed by atoms with Gasteiger partial charge in [-0.3, -0.25) is 0 Å². The van der Waals surface area contributed by atoms with E-state index in [2.05, 4.69) is 22.4 Å². The molecule has 1 heterocycles. The minimum atomic E-state index is 0.430. The summed E-state index contributed by atoms with van der Waals surface area (Å²) in [6.45, 7) is 1.26. The van der Waals surface area contributed by atoms with Crippen LogP contribution in [-0.2, 0) is 6.42 Å². The molecule has 1 aromatic heterocycles. The van der Waals surface area contributed by atoms with Gasteiger partial charge in [-0.1, -0.05) is 35.6 Å². The topological polar surface area (TPSA) is 57.9 Å². The highest BCUT2D eigenvalue weighted by Crippen LogP contribution is 2.25. The number of hydrogen-bond acceptors (Lipinski definition) is 5. The van der Waals surface area contributed by atoms with Crippen molar-refractivity contribution < 1.29 is 4.74 Å². The van der Waals surface area contributed by atoms with Crippen LogP contribution in [0, 0.1) is 11.3 Å². The van der Waals surface area contributed by atoms with E-state index in [1.54, 1.807) is 11.3 Å². The number of nitrogens with one attached hydrogen (secondary N) is 1. The summed E-state index contributed by atoms with van der Waals surface area (Å²) >= 11 is 1.64. The summed E-state index contributed by atoms with van der Waals surface area (Å²) in [6, 6.07) is 17.8. The lowest BCUT2D eigenvalue weighted by atomic mass is 10.2. The third-order valence-electron chi connectivity index (χ3n) is 3.15. The van der Waals surface area contributed by atoms with E-state index in [1.807, 2.05) is 42.5 Å². The van der Waals surface area contributed by atoms with Crippen LogP contribution in [0.25, 0.3) is 10.2 Å². The Kier molecular flexibility index (Phi) is 4.52. The summed E-state index contributed by atoms with van der Waals surface area (Å²) in [6.07, 6.45) is 0.430. The molecule has 0 saturated heterocycles. The molecule has 3 rings (SSSR count). The van der Waals surface area contributed by atoms with Crippen LogP contribution in [0.3, 0.4) is 0 Å². The second-order valence-corrected chi connectivity index (χ2v) is 5.77. The predicted octanol–water partition coefficient (Wildman–Crippen LogP) is 3.85. The van der Waals surface area contributed by atoms with E-state index in [-0.39, 0.29) is 0 Å². The van der Waals surface area contributed by atoms with E-state index in [1.165, 1.54) is 4.70 Å². The van der Waals surface area contributed by atoms with E-state index in [0.29, 0.717) is 19.6 Å². The van der Waals surface area contributed by atoms with Gasteiger partial charge in [0.2, 0.25) is 0 Å². The molecule has 3 aromatic rings. The summed E-state index contributed by atoms with van der Waals surface area (Å²) in [5.41, 5.74) is 2.02. The number of nitriles is 1. The Hall–Kier alpha value is -2.58. The Morgan fingerprint density at radius 1 is 1.14 bits per heavy atom. The molecule has 0 aliphatic rings.